The Bertz CT molecular complexity index is 452. The number of aliphatic hydroxyl groups is 1. The van der Waals surface area contributed by atoms with E-state index in [-0.39, 0.29) is 11.8 Å². The average molecular weight is 263 g/mol. The van der Waals surface area contributed by atoms with Gasteiger partial charge in [-0.2, -0.15) is 0 Å². The molecule has 1 aliphatic heterocycles. The molecule has 2 N–H and O–H groups in total. The number of amides is 1. The van der Waals surface area contributed by atoms with Gasteiger partial charge in [0, 0.05) is 13.1 Å². The van der Waals surface area contributed by atoms with Crippen molar-refractivity contribution in [3.05, 3.63) is 35.9 Å². The van der Waals surface area contributed by atoms with Gasteiger partial charge >= 0.3 is 5.97 Å². The zero-order chi connectivity index (χ0) is 13.8. The van der Waals surface area contributed by atoms with Gasteiger partial charge in [0.05, 0.1) is 5.92 Å². The van der Waals surface area contributed by atoms with Gasteiger partial charge in [0.15, 0.2) is 6.10 Å². The number of carboxylic acids is 1. The third-order valence-electron chi connectivity index (χ3n) is 3.51. The maximum absolute atomic E-state index is 12.1. The Morgan fingerprint density at radius 2 is 1.74 bits per heavy atom. The molecule has 0 unspecified atom stereocenters. The quantitative estimate of drug-likeness (QED) is 0.854. The van der Waals surface area contributed by atoms with Gasteiger partial charge in [-0.15, -0.1) is 0 Å². The molecule has 0 saturated carbocycles. The van der Waals surface area contributed by atoms with E-state index >= 15 is 0 Å². The molecule has 0 spiro atoms. The van der Waals surface area contributed by atoms with Crippen molar-refractivity contribution in [2.24, 2.45) is 5.92 Å². The molecule has 1 amide bonds. The van der Waals surface area contributed by atoms with Gasteiger partial charge in [-0.05, 0) is 18.4 Å². The van der Waals surface area contributed by atoms with Crippen molar-refractivity contribution in [1.29, 1.82) is 0 Å². The largest absolute Gasteiger partial charge is 0.481 e. The number of nitrogens with zero attached hydrogens (tertiary/aromatic N) is 1. The highest BCUT2D eigenvalue weighted by Gasteiger charge is 2.30. The number of carbonyl (C=O) groups excluding carboxylic acids is 1. The fourth-order valence-corrected chi connectivity index (χ4v) is 2.30. The lowest BCUT2D eigenvalue weighted by molar-refractivity contribution is -0.148. The van der Waals surface area contributed by atoms with Crippen LogP contribution >= 0.6 is 0 Å². The number of aliphatic carboxylic acids is 1. The molecule has 5 nitrogen and oxygen atoms in total. The fourth-order valence-electron chi connectivity index (χ4n) is 2.30. The molecule has 102 valence electrons. The molecular formula is C14H17NO4. The number of carbonyl (C=O) groups is 2. The zero-order valence-electron chi connectivity index (χ0n) is 10.5. The standard InChI is InChI=1S/C14H17NO4/c16-12(10-4-2-1-3-5-10)13(17)15-8-6-11(7-9-15)14(18)19/h1-5,11-12,16H,6-9H2,(H,18,19)/t12-/m1/s1. The minimum absolute atomic E-state index is 0.352. The second kappa shape index (κ2) is 5.84. The highest BCUT2D eigenvalue weighted by atomic mass is 16.4. The Hall–Kier alpha value is -1.88. The summed E-state index contributed by atoms with van der Waals surface area (Å²) in [6.07, 6.45) is -0.270. The van der Waals surface area contributed by atoms with Gasteiger partial charge < -0.3 is 15.1 Å². The lowest BCUT2D eigenvalue weighted by Crippen LogP contribution is -2.42. The molecule has 0 bridgehead atoms. The van der Waals surface area contributed by atoms with Crippen LogP contribution < -0.4 is 0 Å². The first-order chi connectivity index (χ1) is 9.09. The topological polar surface area (TPSA) is 77.8 Å². The van der Waals surface area contributed by atoms with Crippen molar-refractivity contribution in [2.45, 2.75) is 18.9 Å². The molecule has 1 aliphatic rings. The minimum Gasteiger partial charge on any atom is -0.481 e. The predicted octanol–water partition coefficient (Wildman–Crippen LogP) is 1.04. The van der Waals surface area contributed by atoms with Gasteiger partial charge in [0.2, 0.25) is 0 Å². The Kier molecular flexibility index (Phi) is 4.16. The lowest BCUT2D eigenvalue weighted by Gasteiger charge is -2.31. The Labute approximate surface area is 111 Å². The summed E-state index contributed by atoms with van der Waals surface area (Å²) in [6.45, 7) is 0.777. The van der Waals surface area contributed by atoms with E-state index in [1.807, 2.05) is 6.07 Å². The van der Waals surface area contributed by atoms with Crippen molar-refractivity contribution in [3.8, 4) is 0 Å². The van der Waals surface area contributed by atoms with Crippen LogP contribution in [0.15, 0.2) is 30.3 Å². The van der Waals surface area contributed by atoms with E-state index in [1.165, 1.54) is 4.90 Å². The predicted molar refractivity (Wildman–Crippen MR) is 68.3 cm³/mol. The van der Waals surface area contributed by atoms with Crippen molar-refractivity contribution >= 4 is 11.9 Å². The number of aliphatic hydroxyl groups excluding tert-OH is 1. The molecule has 19 heavy (non-hydrogen) atoms. The summed E-state index contributed by atoms with van der Waals surface area (Å²) < 4.78 is 0. The number of carboxylic acid groups (broad SMARTS) is 1. The van der Waals surface area contributed by atoms with Gasteiger partial charge in [-0.3, -0.25) is 9.59 Å². The minimum atomic E-state index is -1.16. The van der Waals surface area contributed by atoms with Crippen molar-refractivity contribution in [2.75, 3.05) is 13.1 Å². The van der Waals surface area contributed by atoms with Gasteiger partial charge in [0.25, 0.3) is 5.91 Å². The van der Waals surface area contributed by atoms with Gasteiger partial charge in [-0.1, -0.05) is 30.3 Å². The summed E-state index contributed by atoms with van der Waals surface area (Å²) in [6, 6.07) is 8.75. The smallest absolute Gasteiger partial charge is 0.306 e. The van der Waals surface area contributed by atoms with E-state index in [0.29, 0.717) is 31.5 Å². The van der Waals surface area contributed by atoms with E-state index in [9.17, 15) is 14.7 Å². The summed E-state index contributed by atoms with van der Waals surface area (Å²) in [5, 5.41) is 18.9. The first-order valence-electron chi connectivity index (χ1n) is 6.34. The van der Waals surface area contributed by atoms with E-state index in [2.05, 4.69) is 0 Å². The number of hydrogen-bond acceptors (Lipinski definition) is 3. The third-order valence-corrected chi connectivity index (χ3v) is 3.51. The molecule has 1 fully saturated rings. The molecule has 5 heteroatoms. The molecular weight excluding hydrogens is 246 g/mol. The van der Waals surface area contributed by atoms with E-state index in [0.717, 1.165) is 0 Å². The Morgan fingerprint density at radius 3 is 2.26 bits per heavy atom. The van der Waals surface area contributed by atoms with Crippen LogP contribution in [-0.2, 0) is 9.59 Å². The van der Waals surface area contributed by atoms with Gasteiger partial charge in [-0.25, -0.2) is 0 Å². The second-order valence-corrected chi connectivity index (χ2v) is 4.75. The summed E-state index contributed by atoms with van der Waals surface area (Å²) in [5.74, 6) is -1.54. The molecule has 1 saturated heterocycles. The maximum atomic E-state index is 12.1. The zero-order valence-corrected chi connectivity index (χ0v) is 10.5. The Balaban J connectivity index is 1.96. The van der Waals surface area contributed by atoms with E-state index < -0.39 is 12.1 Å². The molecule has 1 atom stereocenters. The number of benzene rings is 1. The third kappa shape index (κ3) is 3.12. The monoisotopic (exact) mass is 263 g/mol. The second-order valence-electron chi connectivity index (χ2n) is 4.75. The number of likely N-dealkylation sites (tertiary alicyclic amines) is 1. The lowest BCUT2D eigenvalue weighted by atomic mass is 9.96. The van der Waals surface area contributed by atoms with Crippen LogP contribution in [0.2, 0.25) is 0 Å². The molecule has 1 aromatic rings. The van der Waals surface area contributed by atoms with Crippen LogP contribution in [0.3, 0.4) is 0 Å². The van der Waals surface area contributed by atoms with Crippen LogP contribution in [0.1, 0.15) is 24.5 Å². The van der Waals surface area contributed by atoms with Crippen LogP contribution in [0.5, 0.6) is 0 Å². The number of rotatable bonds is 3. The van der Waals surface area contributed by atoms with Crippen molar-refractivity contribution in [3.63, 3.8) is 0 Å². The fraction of sp³-hybridized carbons (Fsp3) is 0.429. The number of hydrogen-bond donors (Lipinski definition) is 2. The summed E-state index contributed by atoms with van der Waals surface area (Å²) in [4.78, 5) is 24.5. The Morgan fingerprint density at radius 1 is 1.16 bits per heavy atom. The molecule has 0 radical (unpaired) electrons. The summed E-state index contributed by atoms with van der Waals surface area (Å²) >= 11 is 0. The SMILES string of the molecule is O=C(O)C1CCN(C(=O)[C@H](O)c2ccccc2)CC1. The van der Waals surface area contributed by atoms with Crippen LogP contribution in [0, 0.1) is 5.92 Å². The number of piperidine rings is 1. The maximum Gasteiger partial charge on any atom is 0.306 e. The van der Waals surface area contributed by atoms with Crippen LogP contribution in [0.25, 0.3) is 0 Å². The van der Waals surface area contributed by atoms with Crippen LogP contribution in [-0.4, -0.2) is 40.1 Å². The highest BCUT2D eigenvalue weighted by molar-refractivity contribution is 5.82. The summed E-state index contributed by atoms with van der Waals surface area (Å²) in [7, 11) is 0. The normalized spacial score (nSPS) is 18.1. The van der Waals surface area contributed by atoms with Gasteiger partial charge in [0.1, 0.15) is 0 Å². The van der Waals surface area contributed by atoms with Crippen LogP contribution in [0.4, 0.5) is 0 Å². The molecule has 0 aliphatic carbocycles. The molecule has 0 aromatic heterocycles. The van der Waals surface area contributed by atoms with Crippen molar-refractivity contribution in [1.82, 2.24) is 4.90 Å². The van der Waals surface area contributed by atoms with E-state index in [4.69, 9.17) is 5.11 Å². The van der Waals surface area contributed by atoms with Crippen molar-refractivity contribution < 1.29 is 19.8 Å². The highest BCUT2D eigenvalue weighted by Crippen LogP contribution is 2.21. The molecule has 1 aromatic carbocycles. The summed E-state index contributed by atoms with van der Waals surface area (Å²) in [5.41, 5.74) is 0.563. The first kappa shape index (κ1) is 13.5. The molecule has 2 rings (SSSR count). The average Bonchev–Trinajstić information content (AvgIpc) is 2.46. The van der Waals surface area contributed by atoms with E-state index in [1.54, 1.807) is 24.3 Å². The first-order valence-corrected chi connectivity index (χ1v) is 6.34. The molecule has 1 heterocycles.